The molecule has 1 amide bonds. The van der Waals surface area contributed by atoms with Crippen LogP contribution in [0.3, 0.4) is 0 Å². The van der Waals surface area contributed by atoms with Crippen molar-refractivity contribution >= 4 is 56.8 Å². The summed E-state index contributed by atoms with van der Waals surface area (Å²) >= 11 is 2.89. The van der Waals surface area contributed by atoms with Crippen molar-refractivity contribution < 1.29 is 4.79 Å². The third kappa shape index (κ3) is 3.41. The molecule has 0 saturated heterocycles. The maximum Gasteiger partial charge on any atom is 0.283 e. The molecule has 0 radical (unpaired) electrons. The Hall–Kier alpha value is -2.71. The van der Waals surface area contributed by atoms with Gasteiger partial charge in [-0.2, -0.15) is 15.1 Å². The van der Waals surface area contributed by atoms with Crippen LogP contribution in [0.2, 0.25) is 0 Å². The first-order chi connectivity index (χ1) is 13.6. The van der Waals surface area contributed by atoms with Crippen LogP contribution in [-0.2, 0) is 4.79 Å². The molecule has 8 heteroatoms. The summed E-state index contributed by atoms with van der Waals surface area (Å²) in [6.45, 7) is 6.12. The van der Waals surface area contributed by atoms with Gasteiger partial charge in [0.1, 0.15) is 5.04 Å². The van der Waals surface area contributed by atoms with Crippen LogP contribution in [0.5, 0.6) is 0 Å². The largest absolute Gasteiger partial charge is 0.372 e. The van der Waals surface area contributed by atoms with Gasteiger partial charge in [0.05, 0.1) is 10.5 Å². The van der Waals surface area contributed by atoms with E-state index in [1.54, 1.807) is 17.4 Å². The molecule has 3 heterocycles. The summed E-state index contributed by atoms with van der Waals surface area (Å²) in [6.07, 6.45) is 1.71. The van der Waals surface area contributed by atoms with Crippen molar-refractivity contribution in [3.63, 3.8) is 0 Å². The number of hydrogen-bond donors (Lipinski definition) is 1. The van der Waals surface area contributed by atoms with Gasteiger partial charge in [0.2, 0.25) is 5.17 Å². The van der Waals surface area contributed by atoms with Gasteiger partial charge in [-0.15, -0.1) is 11.3 Å². The standard InChI is InChI=1S/C20H19N5OS2/c1-3-24(4-2)14-9-7-13(8-10-14)12-15-17(21)25-20(22-18(15)26)28-19(23-25)16-6-5-11-27-16/h5-12,21H,3-4H2,1-2H3/b15-12-,21-17?. The van der Waals surface area contributed by atoms with Gasteiger partial charge in [0, 0.05) is 18.8 Å². The number of nitrogens with zero attached hydrogens (tertiary/aromatic N) is 4. The van der Waals surface area contributed by atoms with E-state index in [9.17, 15) is 4.79 Å². The highest BCUT2D eigenvalue weighted by Gasteiger charge is 2.36. The fraction of sp³-hybridized carbons (Fsp3) is 0.200. The number of amides is 1. The third-order valence-electron chi connectivity index (χ3n) is 4.52. The lowest BCUT2D eigenvalue weighted by molar-refractivity contribution is -0.114. The molecule has 142 valence electrons. The molecular weight excluding hydrogens is 390 g/mol. The smallest absolute Gasteiger partial charge is 0.283 e. The van der Waals surface area contributed by atoms with Gasteiger partial charge in [-0.1, -0.05) is 18.2 Å². The minimum atomic E-state index is -0.404. The van der Waals surface area contributed by atoms with Gasteiger partial charge in [-0.05, 0) is 60.8 Å². The van der Waals surface area contributed by atoms with E-state index in [2.05, 4.69) is 28.8 Å². The predicted octanol–water partition coefficient (Wildman–Crippen LogP) is 4.26. The van der Waals surface area contributed by atoms with Crippen molar-refractivity contribution in [2.45, 2.75) is 13.8 Å². The number of amidine groups is 2. The zero-order chi connectivity index (χ0) is 19.7. The number of benzene rings is 1. The molecule has 0 saturated carbocycles. The zero-order valence-corrected chi connectivity index (χ0v) is 17.2. The third-order valence-corrected chi connectivity index (χ3v) is 6.47. The summed E-state index contributed by atoms with van der Waals surface area (Å²) in [4.78, 5) is 19.9. The molecule has 4 rings (SSSR count). The van der Waals surface area contributed by atoms with Crippen molar-refractivity contribution in [3.8, 4) is 0 Å². The number of hydrogen-bond acceptors (Lipinski definition) is 6. The lowest BCUT2D eigenvalue weighted by atomic mass is 10.1. The second-order valence-corrected chi connectivity index (χ2v) is 8.07. The number of aliphatic imine (C=N–C) groups is 1. The number of nitrogens with one attached hydrogen (secondary N) is 1. The number of carbonyl (C=O) groups is 1. The first-order valence-electron chi connectivity index (χ1n) is 8.99. The fourth-order valence-electron chi connectivity index (χ4n) is 3.03. The number of carbonyl (C=O) groups excluding carboxylic acids is 1. The number of hydrazone groups is 1. The number of fused-ring (bicyclic) bond motifs is 1. The topological polar surface area (TPSA) is 72.1 Å². The van der Waals surface area contributed by atoms with Gasteiger partial charge in [-0.25, -0.2) is 0 Å². The van der Waals surface area contributed by atoms with E-state index < -0.39 is 5.91 Å². The Bertz CT molecular complexity index is 1000. The van der Waals surface area contributed by atoms with E-state index >= 15 is 0 Å². The normalized spacial score (nSPS) is 17.6. The van der Waals surface area contributed by atoms with Crippen molar-refractivity contribution in [2.24, 2.45) is 10.1 Å². The molecule has 0 fully saturated rings. The number of thiophene rings is 1. The average Bonchev–Trinajstić information content (AvgIpc) is 3.37. The molecule has 1 N–H and O–H groups in total. The highest BCUT2D eigenvalue weighted by Crippen LogP contribution is 2.32. The Labute approximate surface area is 171 Å². The highest BCUT2D eigenvalue weighted by atomic mass is 32.2. The molecule has 1 aromatic heterocycles. The Morgan fingerprint density at radius 2 is 1.93 bits per heavy atom. The van der Waals surface area contributed by atoms with E-state index in [0.29, 0.717) is 5.17 Å². The molecule has 0 spiro atoms. The van der Waals surface area contributed by atoms with Crippen LogP contribution in [0.1, 0.15) is 24.3 Å². The second-order valence-electron chi connectivity index (χ2n) is 6.17. The van der Waals surface area contributed by atoms with Crippen molar-refractivity contribution in [1.82, 2.24) is 5.01 Å². The van der Waals surface area contributed by atoms with Crippen LogP contribution < -0.4 is 4.90 Å². The number of rotatable bonds is 5. The molecule has 2 aliphatic rings. The molecule has 0 aliphatic carbocycles. The fourth-order valence-corrected chi connectivity index (χ4v) is 4.71. The Kier molecular flexibility index (Phi) is 5.15. The van der Waals surface area contributed by atoms with Gasteiger partial charge >= 0.3 is 0 Å². The summed E-state index contributed by atoms with van der Waals surface area (Å²) in [7, 11) is 0. The van der Waals surface area contributed by atoms with Crippen molar-refractivity contribution in [2.75, 3.05) is 18.0 Å². The SMILES string of the molecule is CCN(CC)c1ccc(/C=C2/C(=N)N3N=C(c4cccs4)SC3=NC2=O)cc1. The number of thioether (sulfide) groups is 1. The van der Waals surface area contributed by atoms with Crippen LogP contribution in [0.4, 0.5) is 5.69 Å². The van der Waals surface area contributed by atoms with Crippen LogP contribution in [0.15, 0.2) is 57.4 Å². The summed E-state index contributed by atoms with van der Waals surface area (Å²) < 4.78 is 0. The monoisotopic (exact) mass is 409 g/mol. The van der Waals surface area contributed by atoms with E-state index in [-0.39, 0.29) is 11.4 Å². The number of anilines is 1. The van der Waals surface area contributed by atoms with Gasteiger partial charge in [0.25, 0.3) is 5.91 Å². The van der Waals surface area contributed by atoms with Crippen LogP contribution >= 0.6 is 23.1 Å². The highest BCUT2D eigenvalue weighted by molar-refractivity contribution is 8.27. The van der Waals surface area contributed by atoms with Crippen LogP contribution in [-0.4, -0.2) is 40.1 Å². The summed E-state index contributed by atoms with van der Waals surface area (Å²) in [5.74, 6) is -0.346. The molecule has 0 atom stereocenters. The molecule has 2 aromatic rings. The molecular formula is C20H19N5OS2. The van der Waals surface area contributed by atoms with Gasteiger partial charge in [0.15, 0.2) is 5.84 Å². The van der Waals surface area contributed by atoms with E-state index in [1.165, 1.54) is 16.8 Å². The predicted molar refractivity (Wildman–Crippen MR) is 118 cm³/mol. The molecule has 2 aliphatic heterocycles. The minimum Gasteiger partial charge on any atom is -0.372 e. The minimum absolute atomic E-state index is 0.0573. The molecule has 6 nitrogen and oxygen atoms in total. The van der Waals surface area contributed by atoms with Crippen LogP contribution in [0, 0.1) is 5.41 Å². The van der Waals surface area contributed by atoms with E-state index in [1.807, 2.05) is 41.8 Å². The summed E-state index contributed by atoms with van der Waals surface area (Å²) in [5.41, 5.74) is 2.24. The maximum absolute atomic E-state index is 12.5. The Balaban J connectivity index is 1.61. The first kappa shape index (κ1) is 18.6. The summed E-state index contributed by atoms with van der Waals surface area (Å²) in [5, 5.41) is 17.6. The molecule has 1 aromatic carbocycles. The molecule has 0 bridgehead atoms. The lowest BCUT2D eigenvalue weighted by Gasteiger charge is -2.21. The first-order valence-corrected chi connectivity index (χ1v) is 10.7. The zero-order valence-electron chi connectivity index (χ0n) is 15.5. The van der Waals surface area contributed by atoms with Crippen molar-refractivity contribution in [3.05, 3.63) is 57.8 Å². The van der Waals surface area contributed by atoms with Crippen LogP contribution in [0.25, 0.3) is 6.08 Å². The quantitative estimate of drug-likeness (QED) is 0.749. The maximum atomic E-state index is 12.5. The molecule has 0 unspecified atom stereocenters. The Morgan fingerprint density at radius 1 is 1.18 bits per heavy atom. The Morgan fingerprint density at radius 3 is 2.57 bits per heavy atom. The van der Waals surface area contributed by atoms with E-state index in [0.717, 1.165) is 34.3 Å². The lowest BCUT2D eigenvalue weighted by Crippen LogP contribution is -2.35. The van der Waals surface area contributed by atoms with Crippen molar-refractivity contribution in [1.29, 1.82) is 5.41 Å². The molecule has 28 heavy (non-hydrogen) atoms. The second kappa shape index (κ2) is 7.73. The summed E-state index contributed by atoms with van der Waals surface area (Å²) in [6, 6.07) is 11.9. The average molecular weight is 410 g/mol. The van der Waals surface area contributed by atoms with Gasteiger partial charge in [-0.3, -0.25) is 10.2 Å². The van der Waals surface area contributed by atoms with E-state index in [4.69, 9.17) is 5.41 Å². The van der Waals surface area contributed by atoms with Gasteiger partial charge < -0.3 is 4.90 Å².